The van der Waals surface area contributed by atoms with Gasteiger partial charge in [-0.2, -0.15) is 0 Å². The van der Waals surface area contributed by atoms with Crippen LogP contribution in [0.15, 0.2) is 197 Å². The highest BCUT2D eigenvalue weighted by Crippen LogP contribution is 2.53. The van der Waals surface area contributed by atoms with Crippen LogP contribution in [-0.4, -0.2) is 33.0 Å². The van der Waals surface area contributed by atoms with E-state index >= 15 is 4.79 Å². The van der Waals surface area contributed by atoms with Crippen LogP contribution in [0.3, 0.4) is 0 Å². The molecule has 10 rings (SSSR count). The number of hydrogen-bond donors (Lipinski definition) is 3. The number of phenols is 3. The predicted molar refractivity (Wildman–Crippen MR) is 261 cm³/mol. The van der Waals surface area contributed by atoms with E-state index in [0.717, 1.165) is 23.3 Å². The van der Waals surface area contributed by atoms with E-state index in [2.05, 4.69) is 0 Å². The number of carbonyl (C=O) groups excluding carboxylic acids is 3. The van der Waals surface area contributed by atoms with E-state index in [9.17, 15) is 29.7 Å². The summed E-state index contributed by atoms with van der Waals surface area (Å²) in [6, 6.07) is 50.8. The minimum absolute atomic E-state index is 0.0191. The van der Waals surface area contributed by atoms with Crippen LogP contribution < -0.4 is 29.1 Å². The van der Waals surface area contributed by atoms with Crippen LogP contribution in [0, 0.1) is 0 Å². The molecule has 0 fully saturated rings. The number of ether oxygens (including phenoxy) is 5. The molecule has 0 amide bonds. The average Bonchev–Trinajstić information content (AvgIpc) is 3.39. The van der Waals surface area contributed by atoms with Crippen molar-refractivity contribution in [2.75, 3.05) is 0 Å². The first-order valence-electron chi connectivity index (χ1n) is 22.3. The summed E-state index contributed by atoms with van der Waals surface area (Å²) in [6.45, 7) is 0.221. The fraction of sp³-hybridized carbons (Fsp3) is 0.0690. The van der Waals surface area contributed by atoms with Crippen molar-refractivity contribution in [3.8, 4) is 57.3 Å². The molecule has 350 valence electrons. The van der Waals surface area contributed by atoms with Gasteiger partial charge >= 0.3 is 11.9 Å². The van der Waals surface area contributed by atoms with Crippen LogP contribution in [0.4, 0.5) is 0 Å². The number of carbonyl (C=O) groups is 3. The van der Waals surface area contributed by atoms with Gasteiger partial charge in [-0.1, -0.05) is 109 Å². The Balaban J connectivity index is 1.12. The van der Waals surface area contributed by atoms with E-state index in [4.69, 9.17) is 28.1 Å². The molecule has 71 heavy (non-hydrogen) atoms. The highest BCUT2D eigenvalue weighted by molar-refractivity contribution is 6.09. The average molecular weight is 945 g/mol. The monoisotopic (exact) mass is 944 g/mol. The van der Waals surface area contributed by atoms with Crippen LogP contribution in [0.5, 0.6) is 46.0 Å². The van der Waals surface area contributed by atoms with Gasteiger partial charge in [0, 0.05) is 29.8 Å². The lowest BCUT2D eigenvalue weighted by Gasteiger charge is -2.34. The van der Waals surface area contributed by atoms with Crippen LogP contribution >= 0.6 is 0 Å². The Hall–Kier alpha value is -9.62. The molecule has 2 unspecified atom stereocenters. The first-order valence-corrected chi connectivity index (χ1v) is 22.3. The number of Topliss-reactive ketones (excluding diaryl/α,β-unsaturated/α-hetero) is 1. The molecule has 0 bridgehead atoms. The smallest absolute Gasteiger partial charge is 0.343 e. The summed E-state index contributed by atoms with van der Waals surface area (Å²) in [4.78, 5) is 55.8. The second kappa shape index (κ2) is 19.5. The molecule has 0 spiro atoms. The molecular weight excluding hydrogens is 905 g/mol. The minimum Gasteiger partial charge on any atom is -0.507 e. The molecule has 0 saturated heterocycles. The van der Waals surface area contributed by atoms with Crippen LogP contribution in [0.25, 0.3) is 22.3 Å². The highest BCUT2D eigenvalue weighted by atomic mass is 16.5. The fourth-order valence-corrected chi connectivity index (χ4v) is 8.34. The number of hydrogen-bond acceptors (Lipinski definition) is 13. The van der Waals surface area contributed by atoms with Gasteiger partial charge in [0.05, 0.1) is 22.6 Å². The second-order valence-corrected chi connectivity index (χ2v) is 16.5. The quantitative estimate of drug-likeness (QED) is 0.0732. The molecule has 1 aliphatic heterocycles. The molecule has 9 aromatic rings. The Morgan fingerprint density at radius 3 is 1.75 bits per heavy atom. The van der Waals surface area contributed by atoms with Crippen molar-refractivity contribution in [3.05, 3.63) is 237 Å². The summed E-state index contributed by atoms with van der Waals surface area (Å²) < 4.78 is 37.0. The lowest BCUT2D eigenvalue weighted by molar-refractivity contribution is 0.0719. The molecule has 13 heteroatoms. The van der Waals surface area contributed by atoms with Crippen molar-refractivity contribution in [2.45, 2.75) is 25.2 Å². The standard InChI is InChI=1S/C58H40O13/c59-42-27-39(23-26-46(42)71-58(65)38-19-11-4-12-20-38)47-30-44(61)50-45(62)31-48(67-33-35-15-7-2-8-16-35)52(56(50)69-47)53-54(63)51-43(60)28-41(68-57(64)37-17-9-3-10-18-37)29-49(51)70-55(53)36-21-24-40(25-22-36)66-32-34-13-5-1-6-14-34/h1-31,53,55,59-60,62H,32-33H2. The zero-order valence-electron chi connectivity index (χ0n) is 37.4. The van der Waals surface area contributed by atoms with Crippen LogP contribution in [0.2, 0.25) is 0 Å². The fourth-order valence-electron chi connectivity index (χ4n) is 8.34. The SMILES string of the molecule is O=C(Oc1cc(O)c2c(c1)OC(c1ccc(OCc3ccccc3)cc1)C(c1c(OCc3ccccc3)cc(O)c3c(=O)cc(-c4ccc(OC(=O)c5ccccc5)c(O)c4)oc13)C2=O)c1ccccc1. The van der Waals surface area contributed by atoms with Gasteiger partial charge in [0.25, 0.3) is 0 Å². The third kappa shape index (κ3) is 9.47. The van der Waals surface area contributed by atoms with Crippen LogP contribution in [-0.2, 0) is 13.2 Å². The predicted octanol–water partition coefficient (Wildman–Crippen LogP) is 11.3. The number of aromatic hydroxyl groups is 3. The molecule has 2 atom stereocenters. The molecule has 1 aliphatic rings. The number of benzene rings is 8. The maximum atomic E-state index is 15.5. The summed E-state index contributed by atoms with van der Waals surface area (Å²) in [5.74, 6) is -5.19. The Morgan fingerprint density at radius 2 is 1.13 bits per heavy atom. The third-order valence-electron chi connectivity index (χ3n) is 11.8. The summed E-state index contributed by atoms with van der Waals surface area (Å²) in [7, 11) is 0. The van der Waals surface area contributed by atoms with Gasteiger partial charge in [-0.15, -0.1) is 0 Å². The maximum Gasteiger partial charge on any atom is 0.343 e. The molecular formula is C58H40O13. The number of phenolic OH excluding ortho intramolecular Hbond substituents is 3. The largest absolute Gasteiger partial charge is 0.507 e. The van der Waals surface area contributed by atoms with Gasteiger partial charge in [0.1, 0.15) is 76.1 Å². The van der Waals surface area contributed by atoms with Gasteiger partial charge in [-0.05, 0) is 71.3 Å². The molecule has 0 aliphatic carbocycles. The number of ketones is 1. The number of rotatable bonds is 13. The van der Waals surface area contributed by atoms with Gasteiger partial charge in [0.2, 0.25) is 0 Å². The first-order chi connectivity index (χ1) is 34.6. The number of fused-ring (bicyclic) bond motifs is 2. The Labute approximate surface area is 404 Å². The van der Waals surface area contributed by atoms with E-state index < -0.39 is 52.4 Å². The summed E-state index contributed by atoms with van der Waals surface area (Å²) >= 11 is 0. The van der Waals surface area contributed by atoms with E-state index in [1.54, 1.807) is 84.9 Å². The topological polar surface area (TPSA) is 188 Å². The molecule has 3 N–H and O–H groups in total. The molecule has 1 aromatic heterocycles. The molecule has 8 aromatic carbocycles. The zero-order valence-corrected chi connectivity index (χ0v) is 37.4. The van der Waals surface area contributed by atoms with E-state index in [1.165, 1.54) is 30.3 Å². The van der Waals surface area contributed by atoms with Gasteiger partial charge in [-0.25, -0.2) is 9.59 Å². The van der Waals surface area contributed by atoms with Crippen LogP contribution in [0.1, 0.15) is 65.3 Å². The van der Waals surface area contributed by atoms with E-state index in [0.29, 0.717) is 11.3 Å². The minimum atomic E-state index is -1.47. The normalized spacial score (nSPS) is 13.9. The number of esters is 2. The summed E-state index contributed by atoms with van der Waals surface area (Å²) in [6.07, 6.45) is -1.26. The van der Waals surface area contributed by atoms with Crippen molar-refractivity contribution in [2.24, 2.45) is 0 Å². The molecule has 0 saturated carbocycles. The highest BCUT2D eigenvalue weighted by Gasteiger charge is 2.45. The molecule has 2 heterocycles. The molecule has 13 nitrogen and oxygen atoms in total. The van der Waals surface area contributed by atoms with Crippen molar-refractivity contribution in [3.63, 3.8) is 0 Å². The zero-order chi connectivity index (χ0) is 49.0. The second-order valence-electron chi connectivity index (χ2n) is 16.5. The molecule has 0 radical (unpaired) electrons. The van der Waals surface area contributed by atoms with Gasteiger partial charge < -0.3 is 43.4 Å². The van der Waals surface area contributed by atoms with Gasteiger partial charge in [-0.3, -0.25) is 9.59 Å². The van der Waals surface area contributed by atoms with E-state index in [-0.39, 0.29) is 80.8 Å². The van der Waals surface area contributed by atoms with Crippen molar-refractivity contribution >= 4 is 28.7 Å². The first kappa shape index (κ1) is 45.2. The lowest BCUT2D eigenvalue weighted by Crippen LogP contribution is -2.31. The summed E-state index contributed by atoms with van der Waals surface area (Å²) in [5.41, 5.74) is 1.50. The Bertz CT molecular complexity index is 3500. The summed E-state index contributed by atoms with van der Waals surface area (Å²) in [5, 5.41) is 34.1. The maximum absolute atomic E-state index is 15.5. The van der Waals surface area contributed by atoms with Crippen molar-refractivity contribution < 1.29 is 57.8 Å². The Morgan fingerprint density at radius 1 is 0.535 bits per heavy atom. The Kier molecular flexibility index (Phi) is 12.4. The van der Waals surface area contributed by atoms with Crippen molar-refractivity contribution in [1.82, 2.24) is 0 Å². The van der Waals surface area contributed by atoms with Gasteiger partial charge in [0.15, 0.2) is 22.7 Å². The third-order valence-corrected chi connectivity index (χ3v) is 11.8. The van der Waals surface area contributed by atoms with Crippen molar-refractivity contribution in [1.29, 1.82) is 0 Å². The van der Waals surface area contributed by atoms with E-state index in [1.807, 2.05) is 60.7 Å². The lowest BCUT2D eigenvalue weighted by atomic mass is 9.79.